The third-order valence-electron chi connectivity index (χ3n) is 3.56. The summed E-state index contributed by atoms with van der Waals surface area (Å²) in [6.07, 6.45) is 0. The second kappa shape index (κ2) is 3.46. The smallest absolute Gasteiger partial charge is 0.341 e. The maximum Gasteiger partial charge on any atom is 0.341 e. The van der Waals surface area contributed by atoms with E-state index in [1.807, 2.05) is 13.0 Å². The average molecular weight is 250 g/mol. The SMILES string of the molecule is CCOC(=O)c1cccc2c1OC1(C)OOC21C. The summed E-state index contributed by atoms with van der Waals surface area (Å²) >= 11 is 0. The van der Waals surface area contributed by atoms with Crippen molar-refractivity contribution in [1.82, 2.24) is 0 Å². The first-order chi connectivity index (χ1) is 8.52. The number of carbonyl (C=O) groups excluding carboxylic acids is 1. The van der Waals surface area contributed by atoms with E-state index in [2.05, 4.69) is 0 Å². The second-order valence-corrected chi connectivity index (χ2v) is 4.65. The summed E-state index contributed by atoms with van der Waals surface area (Å²) in [6, 6.07) is 5.33. The Bertz CT molecular complexity index is 526. The second-order valence-electron chi connectivity index (χ2n) is 4.65. The van der Waals surface area contributed by atoms with Crippen molar-refractivity contribution in [1.29, 1.82) is 0 Å². The highest BCUT2D eigenvalue weighted by atomic mass is 17.3. The molecule has 3 rings (SSSR count). The van der Waals surface area contributed by atoms with Gasteiger partial charge in [-0.25, -0.2) is 9.68 Å². The van der Waals surface area contributed by atoms with E-state index in [1.54, 1.807) is 26.0 Å². The van der Waals surface area contributed by atoms with Crippen LogP contribution in [0.4, 0.5) is 0 Å². The number of hydrogen-bond donors (Lipinski definition) is 0. The van der Waals surface area contributed by atoms with Gasteiger partial charge < -0.3 is 9.47 Å². The molecule has 2 aliphatic heterocycles. The molecule has 1 aromatic rings. The normalized spacial score (nSPS) is 31.9. The fourth-order valence-corrected chi connectivity index (χ4v) is 2.27. The molecule has 0 saturated carbocycles. The summed E-state index contributed by atoms with van der Waals surface area (Å²) in [5, 5.41) is 0. The minimum atomic E-state index is -0.877. The van der Waals surface area contributed by atoms with Crippen LogP contribution in [0.25, 0.3) is 0 Å². The molecular formula is C13H14O5. The first kappa shape index (κ1) is 11.5. The van der Waals surface area contributed by atoms with Crippen molar-refractivity contribution < 1.29 is 24.0 Å². The maximum absolute atomic E-state index is 11.9. The van der Waals surface area contributed by atoms with Crippen LogP contribution in [-0.2, 0) is 20.1 Å². The van der Waals surface area contributed by atoms with Crippen LogP contribution in [-0.4, -0.2) is 18.4 Å². The lowest BCUT2D eigenvalue weighted by Gasteiger charge is -2.45. The number of ether oxygens (including phenoxy) is 2. The molecule has 5 nitrogen and oxygen atoms in total. The zero-order valence-corrected chi connectivity index (χ0v) is 10.5. The van der Waals surface area contributed by atoms with E-state index < -0.39 is 17.4 Å². The van der Waals surface area contributed by atoms with Gasteiger partial charge in [0.15, 0.2) is 5.60 Å². The van der Waals surface area contributed by atoms with Crippen molar-refractivity contribution in [2.75, 3.05) is 6.61 Å². The molecule has 0 radical (unpaired) electrons. The lowest BCUT2D eigenvalue weighted by molar-refractivity contribution is -0.587. The Morgan fingerprint density at radius 1 is 1.33 bits per heavy atom. The van der Waals surface area contributed by atoms with E-state index in [0.29, 0.717) is 17.9 Å². The van der Waals surface area contributed by atoms with Crippen LogP contribution in [0.3, 0.4) is 0 Å². The first-order valence-electron chi connectivity index (χ1n) is 5.88. The molecule has 0 aromatic heterocycles. The highest BCUT2D eigenvalue weighted by Gasteiger charge is 2.67. The molecule has 1 aromatic carbocycles. The molecule has 96 valence electrons. The number of carbonyl (C=O) groups is 1. The van der Waals surface area contributed by atoms with Crippen LogP contribution >= 0.6 is 0 Å². The van der Waals surface area contributed by atoms with Gasteiger partial charge in [0.05, 0.1) is 6.61 Å². The number of rotatable bonds is 2. The van der Waals surface area contributed by atoms with E-state index in [9.17, 15) is 4.79 Å². The average Bonchev–Trinajstić information content (AvgIpc) is 2.50. The van der Waals surface area contributed by atoms with Crippen LogP contribution in [0.2, 0.25) is 0 Å². The Kier molecular flexibility index (Phi) is 2.21. The number of esters is 1. The molecule has 0 aliphatic carbocycles. The van der Waals surface area contributed by atoms with Crippen molar-refractivity contribution in [3.63, 3.8) is 0 Å². The Morgan fingerprint density at radius 3 is 2.72 bits per heavy atom. The molecule has 5 heteroatoms. The summed E-state index contributed by atoms with van der Waals surface area (Å²) in [6.45, 7) is 5.74. The van der Waals surface area contributed by atoms with Gasteiger partial charge in [-0.3, -0.25) is 0 Å². The van der Waals surface area contributed by atoms with E-state index in [4.69, 9.17) is 19.2 Å². The van der Waals surface area contributed by atoms with Crippen LogP contribution in [0.1, 0.15) is 36.7 Å². The van der Waals surface area contributed by atoms with E-state index >= 15 is 0 Å². The lowest BCUT2D eigenvalue weighted by atomic mass is 9.88. The first-order valence-corrected chi connectivity index (χ1v) is 5.88. The lowest BCUT2D eigenvalue weighted by Crippen LogP contribution is -2.60. The Morgan fingerprint density at radius 2 is 2.11 bits per heavy atom. The van der Waals surface area contributed by atoms with E-state index in [0.717, 1.165) is 5.56 Å². The fourth-order valence-electron chi connectivity index (χ4n) is 2.27. The predicted molar refractivity (Wildman–Crippen MR) is 61.0 cm³/mol. The third kappa shape index (κ3) is 1.20. The zero-order chi connectivity index (χ0) is 13.0. The van der Waals surface area contributed by atoms with E-state index in [-0.39, 0.29) is 0 Å². The molecule has 18 heavy (non-hydrogen) atoms. The minimum Gasteiger partial charge on any atom is -0.462 e. The highest BCUT2D eigenvalue weighted by molar-refractivity contribution is 5.93. The predicted octanol–water partition coefficient (Wildman–Crippen LogP) is 2.15. The van der Waals surface area contributed by atoms with Crippen LogP contribution < -0.4 is 4.74 Å². The third-order valence-corrected chi connectivity index (χ3v) is 3.56. The van der Waals surface area contributed by atoms with Crippen molar-refractivity contribution >= 4 is 5.97 Å². The van der Waals surface area contributed by atoms with Gasteiger partial charge in [-0.05, 0) is 19.9 Å². The standard InChI is InChI=1S/C13H14O5/c1-4-15-11(14)8-6-5-7-9-10(8)16-13(3)12(9,2)17-18-13/h5-7H,4H2,1-3H3. The molecule has 0 spiro atoms. The fraction of sp³-hybridized carbons (Fsp3) is 0.462. The van der Waals surface area contributed by atoms with Gasteiger partial charge in [-0.15, -0.1) is 0 Å². The van der Waals surface area contributed by atoms with Crippen molar-refractivity contribution in [3.8, 4) is 5.75 Å². The highest BCUT2D eigenvalue weighted by Crippen LogP contribution is 2.57. The van der Waals surface area contributed by atoms with Gasteiger partial charge in [-0.1, -0.05) is 12.1 Å². The largest absolute Gasteiger partial charge is 0.462 e. The number of hydrogen-bond acceptors (Lipinski definition) is 5. The van der Waals surface area contributed by atoms with Gasteiger partial charge in [0.1, 0.15) is 11.3 Å². The maximum atomic E-state index is 11.9. The summed E-state index contributed by atoms with van der Waals surface area (Å²) in [5.74, 6) is -0.793. The van der Waals surface area contributed by atoms with Gasteiger partial charge >= 0.3 is 5.97 Å². The topological polar surface area (TPSA) is 54.0 Å². The van der Waals surface area contributed by atoms with Crippen LogP contribution in [0.15, 0.2) is 18.2 Å². The Labute approximate surface area is 105 Å². The molecule has 0 bridgehead atoms. The molecule has 2 heterocycles. The molecule has 0 N–H and O–H groups in total. The number of benzene rings is 1. The molecule has 2 aliphatic rings. The monoisotopic (exact) mass is 250 g/mol. The van der Waals surface area contributed by atoms with Crippen molar-refractivity contribution in [3.05, 3.63) is 29.3 Å². The summed E-state index contributed by atoms with van der Waals surface area (Å²) in [4.78, 5) is 22.1. The van der Waals surface area contributed by atoms with Crippen LogP contribution in [0, 0.1) is 0 Å². The quantitative estimate of drug-likeness (QED) is 0.594. The summed E-state index contributed by atoms with van der Waals surface area (Å²) in [7, 11) is 0. The summed E-state index contributed by atoms with van der Waals surface area (Å²) < 4.78 is 10.8. The zero-order valence-electron chi connectivity index (χ0n) is 10.5. The van der Waals surface area contributed by atoms with Crippen LogP contribution in [0.5, 0.6) is 5.75 Å². The van der Waals surface area contributed by atoms with Gasteiger partial charge in [0, 0.05) is 12.5 Å². The molecule has 1 fully saturated rings. The van der Waals surface area contributed by atoms with Gasteiger partial charge in [0.25, 0.3) is 5.79 Å². The molecule has 1 saturated heterocycles. The summed E-state index contributed by atoms with van der Waals surface area (Å²) in [5.41, 5.74) is 0.533. The molecule has 2 unspecified atom stereocenters. The Balaban J connectivity index is 2.08. The van der Waals surface area contributed by atoms with Crippen molar-refractivity contribution in [2.24, 2.45) is 0 Å². The molecule has 0 amide bonds. The number of para-hydroxylation sites is 1. The van der Waals surface area contributed by atoms with Crippen molar-refractivity contribution in [2.45, 2.75) is 32.2 Å². The molecule has 2 atom stereocenters. The molecular weight excluding hydrogens is 236 g/mol. The minimum absolute atomic E-state index is 0.323. The Hall–Kier alpha value is -1.59. The van der Waals surface area contributed by atoms with Gasteiger partial charge in [0.2, 0.25) is 0 Å². The van der Waals surface area contributed by atoms with E-state index in [1.165, 1.54) is 0 Å². The number of fused-ring (bicyclic) bond motifs is 3. The van der Waals surface area contributed by atoms with Gasteiger partial charge in [-0.2, -0.15) is 4.89 Å².